The number of hydrogen-bond acceptors (Lipinski definition) is 0. The van der Waals surface area contributed by atoms with Crippen LogP contribution in [0.2, 0.25) is 0 Å². The fraction of sp³-hybridized carbons (Fsp3) is 1.00. The molecule has 0 N–H and O–H groups in total. The van der Waals surface area contributed by atoms with E-state index in [1.807, 2.05) is 0 Å². The highest BCUT2D eigenvalue weighted by atomic mass is 35.5. The Morgan fingerprint density at radius 1 is 1.08 bits per heavy atom. The van der Waals surface area contributed by atoms with Gasteiger partial charge in [0.15, 0.2) is 0 Å². The number of rotatable bonds is 3. The van der Waals surface area contributed by atoms with E-state index in [0.29, 0.717) is 10.8 Å². The van der Waals surface area contributed by atoms with Gasteiger partial charge in [-0.1, -0.05) is 41.5 Å². The molecule has 0 saturated carbocycles. The van der Waals surface area contributed by atoms with E-state index in [1.165, 1.54) is 6.42 Å². The monoisotopic (exact) mass is 190 g/mol. The summed E-state index contributed by atoms with van der Waals surface area (Å²) in [7, 11) is 0. The lowest BCUT2D eigenvalue weighted by atomic mass is 9.74. The molecule has 0 spiro atoms. The van der Waals surface area contributed by atoms with E-state index in [9.17, 15) is 0 Å². The first-order chi connectivity index (χ1) is 5.19. The average molecular weight is 191 g/mol. The zero-order valence-corrected chi connectivity index (χ0v) is 10.1. The van der Waals surface area contributed by atoms with Crippen LogP contribution in [0.25, 0.3) is 0 Å². The van der Waals surface area contributed by atoms with Crippen LogP contribution in [-0.2, 0) is 0 Å². The fourth-order valence-corrected chi connectivity index (χ4v) is 2.11. The average Bonchev–Trinajstić information content (AvgIpc) is 1.80. The van der Waals surface area contributed by atoms with Crippen molar-refractivity contribution in [2.45, 2.75) is 59.8 Å². The van der Waals surface area contributed by atoms with Gasteiger partial charge < -0.3 is 0 Å². The maximum absolute atomic E-state index is 6.26. The van der Waals surface area contributed by atoms with Crippen LogP contribution in [0.15, 0.2) is 0 Å². The molecule has 0 bridgehead atoms. The van der Waals surface area contributed by atoms with Gasteiger partial charge in [0, 0.05) is 5.38 Å². The second kappa shape index (κ2) is 4.00. The van der Waals surface area contributed by atoms with E-state index in [1.54, 1.807) is 0 Å². The molecule has 1 atom stereocenters. The zero-order chi connectivity index (χ0) is 9.99. The Bertz CT molecular complexity index is 130. The van der Waals surface area contributed by atoms with Crippen molar-refractivity contribution in [2.24, 2.45) is 10.8 Å². The van der Waals surface area contributed by atoms with Gasteiger partial charge in [-0.15, -0.1) is 11.6 Å². The molecular formula is C11H23Cl. The van der Waals surface area contributed by atoms with Crippen LogP contribution >= 0.6 is 11.6 Å². The topological polar surface area (TPSA) is 0 Å². The minimum Gasteiger partial charge on any atom is -0.122 e. The summed E-state index contributed by atoms with van der Waals surface area (Å²) in [5.41, 5.74) is 0.639. The molecule has 1 heteroatoms. The van der Waals surface area contributed by atoms with Gasteiger partial charge in [-0.25, -0.2) is 0 Å². The summed E-state index contributed by atoms with van der Waals surface area (Å²) in [6.45, 7) is 13.5. The fourth-order valence-electron chi connectivity index (χ4n) is 2.03. The molecule has 0 nitrogen and oxygen atoms in total. The van der Waals surface area contributed by atoms with Crippen LogP contribution in [-0.4, -0.2) is 5.38 Å². The maximum Gasteiger partial charge on any atom is 0.0384 e. The van der Waals surface area contributed by atoms with Crippen molar-refractivity contribution in [1.82, 2.24) is 0 Å². The van der Waals surface area contributed by atoms with Gasteiger partial charge in [0.2, 0.25) is 0 Å². The van der Waals surface area contributed by atoms with Crippen LogP contribution in [0, 0.1) is 10.8 Å². The molecule has 0 aromatic rings. The molecule has 0 saturated heterocycles. The van der Waals surface area contributed by atoms with Crippen LogP contribution in [0.1, 0.15) is 54.4 Å². The third-order valence-corrected chi connectivity index (χ3v) is 3.09. The van der Waals surface area contributed by atoms with Crippen molar-refractivity contribution in [2.75, 3.05) is 0 Å². The van der Waals surface area contributed by atoms with Crippen LogP contribution in [0.3, 0.4) is 0 Å². The Morgan fingerprint density at radius 2 is 1.50 bits per heavy atom. The third kappa shape index (κ3) is 4.35. The van der Waals surface area contributed by atoms with Gasteiger partial charge in [0.25, 0.3) is 0 Å². The van der Waals surface area contributed by atoms with Gasteiger partial charge in [0.1, 0.15) is 0 Å². The molecule has 0 amide bonds. The lowest BCUT2D eigenvalue weighted by Crippen LogP contribution is -2.29. The van der Waals surface area contributed by atoms with E-state index >= 15 is 0 Å². The minimum absolute atomic E-state index is 0.258. The van der Waals surface area contributed by atoms with Crippen LogP contribution in [0.4, 0.5) is 0 Å². The standard InChI is InChI=1S/C11H23Cl/c1-7-9(12)11(5,6)8-10(2,3)4/h9H,7-8H2,1-6H3. The molecule has 0 heterocycles. The summed E-state index contributed by atoms with van der Waals surface area (Å²) in [5.74, 6) is 0. The number of hydrogen-bond donors (Lipinski definition) is 0. The second-order valence-electron chi connectivity index (χ2n) is 5.60. The van der Waals surface area contributed by atoms with E-state index in [2.05, 4.69) is 41.5 Å². The molecular weight excluding hydrogens is 168 g/mol. The molecule has 0 aliphatic heterocycles. The van der Waals surface area contributed by atoms with Crippen molar-refractivity contribution in [3.8, 4) is 0 Å². The number of alkyl halides is 1. The third-order valence-electron chi connectivity index (χ3n) is 2.19. The molecule has 0 aromatic carbocycles. The Labute approximate surface area is 82.7 Å². The van der Waals surface area contributed by atoms with Gasteiger partial charge >= 0.3 is 0 Å². The summed E-state index contributed by atoms with van der Waals surface area (Å²) in [6, 6.07) is 0. The molecule has 0 fully saturated rings. The largest absolute Gasteiger partial charge is 0.122 e. The summed E-state index contributed by atoms with van der Waals surface area (Å²) < 4.78 is 0. The second-order valence-corrected chi connectivity index (χ2v) is 6.13. The van der Waals surface area contributed by atoms with Crippen LogP contribution in [0.5, 0.6) is 0 Å². The highest BCUT2D eigenvalue weighted by Crippen LogP contribution is 2.39. The highest BCUT2D eigenvalue weighted by Gasteiger charge is 2.30. The Balaban J connectivity index is 4.22. The SMILES string of the molecule is CCC(Cl)C(C)(C)CC(C)(C)C. The quantitative estimate of drug-likeness (QED) is 0.577. The van der Waals surface area contributed by atoms with E-state index in [-0.39, 0.29) is 5.41 Å². The maximum atomic E-state index is 6.26. The first-order valence-corrected chi connectivity index (χ1v) is 5.27. The first-order valence-electron chi connectivity index (χ1n) is 4.83. The lowest BCUT2D eigenvalue weighted by molar-refractivity contribution is 0.202. The summed E-state index contributed by atoms with van der Waals surface area (Å²) in [5, 5.41) is 0.303. The molecule has 0 aliphatic rings. The molecule has 74 valence electrons. The van der Waals surface area contributed by atoms with Gasteiger partial charge in [-0.2, -0.15) is 0 Å². The van der Waals surface area contributed by atoms with Gasteiger partial charge in [-0.3, -0.25) is 0 Å². The van der Waals surface area contributed by atoms with Crippen molar-refractivity contribution < 1.29 is 0 Å². The van der Waals surface area contributed by atoms with Crippen molar-refractivity contribution in [1.29, 1.82) is 0 Å². The van der Waals surface area contributed by atoms with Gasteiger partial charge in [-0.05, 0) is 23.7 Å². The Hall–Kier alpha value is 0.290. The predicted octanol–water partition coefficient (Wildman–Crippen LogP) is 4.47. The van der Waals surface area contributed by atoms with Gasteiger partial charge in [0.05, 0.1) is 0 Å². The highest BCUT2D eigenvalue weighted by molar-refractivity contribution is 6.21. The summed E-state index contributed by atoms with van der Waals surface area (Å²) in [4.78, 5) is 0. The molecule has 0 radical (unpaired) electrons. The van der Waals surface area contributed by atoms with Crippen LogP contribution < -0.4 is 0 Å². The van der Waals surface area contributed by atoms with Crippen molar-refractivity contribution in [3.05, 3.63) is 0 Å². The Morgan fingerprint density at radius 3 is 1.75 bits per heavy atom. The van der Waals surface area contributed by atoms with E-state index < -0.39 is 0 Å². The molecule has 0 aliphatic carbocycles. The predicted molar refractivity (Wildman–Crippen MR) is 57.8 cm³/mol. The first kappa shape index (κ1) is 12.3. The molecule has 0 rings (SSSR count). The number of halogens is 1. The summed E-state index contributed by atoms with van der Waals surface area (Å²) in [6.07, 6.45) is 2.24. The minimum atomic E-state index is 0.258. The molecule has 1 unspecified atom stereocenters. The summed E-state index contributed by atoms with van der Waals surface area (Å²) >= 11 is 6.26. The van der Waals surface area contributed by atoms with Crippen molar-refractivity contribution in [3.63, 3.8) is 0 Å². The zero-order valence-electron chi connectivity index (χ0n) is 9.37. The lowest BCUT2D eigenvalue weighted by Gasteiger charge is -2.35. The smallest absolute Gasteiger partial charge is 0.0384 e. The Kier molecular flexibility index (Phi) is 4.10. The molecule has 0 aromatic heterocycles. The van der Waals surface area contributed by atoms with E-state index in [0.717, 1.165) is 6.42 Å². The molecule has 12 heavy (non-hydrogen) atoms. The normalized spacial score (nSPS) is 16.2. The van der Waals surface area contributed by atoms with E-state index in [4.69, 9.17) is 11.6 Å². The van der Waals surface area contributed by atoms with Crippen molar-refractivity contribution >= 4 is 11.6 Å².